The van der Waals surface area contributed by atoms with Crippen molar-refractivity contribution in [3.05, 3.63) is 29.6 Å². The maximum absolute atomic E-state index is 8.66. The van der Waals surface area contributed by atoms with Crippen LogP contribution in [0, 0.1) is 11.3 Å². The first kappa shape index (κ1) is 12.7. The van der Waals surface area contributed by atoms with E-state index in [1.807, 2.05) is 12.3 Å². The molecule has 1 aromatic heterocycles. The van der Waals surface area contributed by atoms with Gasteiger partial charge in [0.05, 0.1) is 18.2 Å². The lowest BCUT2D eigenvalue weighted by Gasteiger charge is -2.14. The van der Waals surface area contributed by atoms with E-state index >= 15 is 0 Å². The number of pyridine rings is 1. The molecule has 1 unspecified atom stereocenters. The summed E-state index contributed by atoms with van der Waals surface area (Å²) in [5.74, 6) is 0. The number of nitrogens with one attached hydrogen (secondary N) is 1. The van der Waals surface area contributed by atoms with Crippen molar-refractivity contribution in [1.82, 2.24) is 10.3 Å². The monoisotopic (exact) mass is 217 g/mol. The van der Waals surface area contributed by atoms with Crippen LogP contribution in [-0.2, 0) is 13.0 Å². The predicted molar refractivity (Wildman–Crippen MR) is 64.8 cm³/mol. The van der Waals surface area contributed by atoms with Crippen LogP contribution in [0.25, 0.3) is 0 Å². The minimum absolute atomic E-state index is 0.275. The summed E-state index contributed by atoms with van der Waals surface area (Å²) in [6, 6.07) is 6.55. The van der Waals surface area contributed by atoms with Gasteiger partial charge in [0.15, 0.2) is 0 Å². The molecule has 3 heteroatoms. The number of aromatic nitrogens is 1. The van der Waals surface area contributed by atoms with Gasteiger partial charge >= 0.3 is 0 Å². The zero-order valence-corrected chi connectivity index (χ0v) is 10.0. The van der Waals surface area contributed by atoms with E-state index in [0.29, 0.717) is 6.42 Å². The smallest absolute Gasteiger partial charge is 0.0638 e. The SMILES string of the molecule is CCc1cccnc1CNC(CC)CC#N. The standard InChI is InChI=1S/C13H19N3/c1-3-11-6-5-9-15-13(11)10-16-12(4-2)7-8-14/h5-6,9,12,16H,3-4,7,10H2,1-2H3. The molecule has 16 heavy (non-hydrogen) atoms. The number of nitrogens with zero attached hydrogens (tertiary/aromatic N) is 2. The Labute approximate surface area is 97.5 Å². The van der Waals surface area contributed by atoms with Crippen LogP contribution >= 0.6 is 0 Å². The van der Waals surface area contributed by atoms with Gasteiger partial charge < -0.3 is 5.32 Å². The molecular formula is C13H19N3. The van der Waals surface area contributed by atoms with E-state index in [2.05, 4.69) is 36.3 Å². The van der Waals surface area contributed by atoms with Crippen LogP contribution in [0.1, 0.15) is 37.9 Å². The van der Waals surface area contributed by atoms with Crippen molar-refractivity contribution in [3.63, 3.8) is 0 Å². The fourth-order valence-electron chi connectivity index (χ4n) is 1.66. The Balaban J connectivity index is 2.56. The van der Waals surface area contributed by atoms with E-state index < -0.39 is 0 Å². The van der Waals surface area contributed by atoms with E-state index in [-0.39, 0.29) is 6.04 Å². The van der Waals surface area contributed by atoms with Crippen LogP contribution < -0.4 is 5.32 Å². The fourth-order valence-corrected chi connectivity index (χ4v) is 1.66. The lowest BCUT2D eigenvalue weighted by molar-refractivity contribution is 0.499. The quantitative estimate of drug-likeness (QED) is 0.796. The van der Waals surface area contributed by atoms with Gasteiger partial charge in [-0.15, -0.1) is 0 Å². The lowest BCUT2D eigenvalue weighted by Crippen LogP contribution is -2.28. The molecule has 0 aliphatic rings. The molecule has 0 aliphatic heterocycles. The molecule has 1 heterocycles. The Kier molecular flexibility index (Phi) is 5.52. The molecule has 86 valence electrons. The van der Waals surface area contributed by atoms with Gasteiger partial charge in [-0.2, -0.15) is 5.26 Å². The van der Waals surface area contributed by atoms with Crippen LogP contribution in [0.3, 0.4) is 0 Å². The van der Waals surface area contributed by atoms with Crippen molar-refractivity contribution in [2.24, 2.45) is 0 Å². The van der Waals surface area contributed by atoms with E-state index in [1.165, 1.54) is 5.56 Å². The van der Waals surface area contributed by atoms with Crippen molar-refractivity contribution >= 4 is 0 Å². The largest absolute Gasteiger partial charge is 0.307 e. The van der Waals surface area contributed by atoms with Gasteiger partial charge in [-0.3, -0.25) is 4.98 Å². The molecule has 1 aromatic rings. The highest BCUT2D eigenvalue weighted by atomic mass is 14.9. The first-order chi connectivity index (χ1) is 7.81. The molecule has 1 N–H and O–H groups in total. The topological polar surface area (TPSA) is 48.7 Å². The first-order valence-electron chi connectivity index (χ1n) is 5.84. The molecule has 1 atom stereocenters. The second-order valence-electron chi connectivity index (χ2n) is 3.81. The van der Waals surface area contributed by atoms with Crippen molar-refractivity contribution in [3.8, 4) is 6.07 Å². The van der Waals surface area contributed by atoms with Crippen molar-refractivity contribution in [2.45, 2.75) is 45.7 Å². The van der Waals surface area contributed by atoms with Crippen LogP contribution in [-0.4, -0.2) is 11.0 Å². The maximum atomic E-state index is 8.66. The second kappa shape index (κ2) is 6.97. The Morgan fingerprint density at radius 1 is 1.50 bits per heavy atom. The van der Waals surface area contributed by atoms with Gasteiger partial charge in [-0.05, 0) is 24.5 Å². The highest BCUT2D eigenvalue weighted by Crippen LogP contribution is 2.07. The number of nitriles is 1. The summed E-state index contributed by atoms with van der Waals surface area (Å²) < 4.78 is 0. The second-order valence-corrected chi connectivity index (χ2v) is 3.81. The van der Waals surface area contributed by atoms with E-state index in [4.69, 9.17) is 5.26 Å². The molecule has 0 fully saturated rings. The zero-order chi connectivity index (χ0) is 11.8. The summed E-state index contributed by atoms with van der Waals surface area (Å²) in [5, 5.41) is 12.0. The molecular weight excluding hydrogens is 198 g/mol. The Morgan fingerprint density at radius 3 is 2.94 bits per heavy atom. The molecule has 0 aromatic carbocycles. The summed E-state index contributed by atoms with van der Waals surface area (Å²) in [7, 11) is 0. The zero-order valence-electron chi connectivity index (χ0n) is 10.0. The number of aryl methyl sites for hydroxylation is 1. The molecule has 0 radical (unpaired) electrons. The molecule has 0 bridgehead atoms. The van der Waals surface area contributed by atoms with Gasteiger partial charge in [0.1, 0.15) is 0 Å². The molecule has 3 nitrogen and oxygen atoms in total. The average molecular weight is 217 g/mol. The minimum atomic E-state index is 0.275. The molecule has 0 saturated carbocycles. The fraction of sp³-hybridized carbons (Fsp3) is 0.538. The normalized spacial score (nSPS) is 12.1. The molecule has 0 amide bonds. The molecule has 1 rings (SSSR count). The van der Waals surface area contributed by atoms with E-state index in [9.17, 15) is 0 Å². The summed E-state index contributed by atoms with van der Waals surface area (Å²) >= 11 is 0. The maximum Gasteiger partial charge on any atom is 0.0638 e. The Morgan fingerprint density at radius 2 is 2.31 bits per heavy atom. The summed E-state index contributed by atoms with van der Waals surface area (Å²) in [4.78, 5) is 4.37. The van der Waals surface area contributed by atoms with Gasteiger partial charge in [0.2, 0.25) is 0 Å². The molecule has 0 aliphatic carbocycles. The highest BCUT2D eigenvalue weighted by molar-refractivity contribution is 5.19. The third kappa shape index (κ3) is 3.63. The van der Waals surface area contributed by atoms with Crippen molar-refractivity contribution < 1.29 is 0 Å². The third-order valence-electron chi connectivity index (χ3n) is 2.75. The van der Waals surface area contributed by atoms with E-state index in [1.54, 1.807) is 0 Å². The Bertz CT molecular complexity index is 354. The molecule has 0 saturated heterocycles. The average Bonchev–Trinajstić information content (AvgIpc) is 2.34. The lowest BCUT2D eigenvalue weighted by atomic mass is 10.1. The Hall–Kier alpha value is -1.40. The van der Waals surface area contributed by atoms with E-state index in [0.717, 1.165) is 25.1 Å². The summed E-state index contributed by atoms with van der Waals surface area (Å²) in [6.45, 7) is 4.98. The van der Waals surface area contributed by atoms with Crippen LogP contribution in [0.4, 0.5) is 0 Å². The van der Waals surface area contributed by atoms with Crippen molar-refractivity contribution in [1.29, 1.82) is 5.26 Å². The van der Waals surface area contributed by atoms with Gasteiger partial charge in [-0.25, -0.2) is 0 Å². The number of hydrogen-bond donors (Lipinski definition) is 1. The number of hydrogen-bond acceptors (Lipinski definition) is 3. The minimum Gasteiger partial charge on any atom is -0.307 e. The summed E-state index contributed by atoms with van der Waals surface area (Å²) in [5.41, 5.74) is 2.38. The third-order valence-corrected chi connectivity index (χ3v) is 2.75. The molecule has 0 spiro atoms. The predicted octanol–water partition coefficient (Wildman–Crippen LogP) is 2.43. The van der Waals surface area contributed by atoms with Gasteiger partial charge in [0.25, 0.3) is 0 Å². The van der Waals surface area contributed by atoms with Gasteiger partial charge in [0, 0.05) is 18.8 Å². The van der Waals surface area contributed by atoms with Crippen LogP contribution in [0.5, 0.6) is 0 Å². The van der Waals surface area contributed by atoms with Crippen molar-refractivity contribution in [2.75, 3.05) is 0 Å². The highest BCUT2D eigenvalue weighted by Gasteiger charge is 2.06. The van der Waals surface area contributed by atoms with Crippen LogP contribution in [0.2, 0.25) is 0 Å². The number of rotatable bonds is 6. The van der Waals surface area contributed by atoms with Gasteiger partial charge in [-0.1, -0.05) is 19.9 Å². The van der Waals surface area contributed by atoms with Crippen LogP contribution in [0.15, 0.2) is 18.3 Å². The summed E-state index contributed by atoms with van der Waals surface area (Å²) in [6.07, 6.45) is 4.36. The first-order valence-corrected chi connectivity index (χ1v) is 5.84.